The number of ether oxygens (including phenoxy) is 3. The predicted octanol–water partition coefficient (Wildman–Crippen LogP) is 3.97. The summed E-state index contributed by atoms with van der Waals surface area (Å²) in [7, 11) is 4.30. The van der Waals surface area contributed by atoms with E-state index < -0.39 is 17.8 Å². The summed E-state index contributed by atoms with van der Waals surface area (Å²) in [5, 5.41) is 11.6. The first-order valence-corrected chi connectivity index (χ1v) is 12.2. The molecule has 2 aromatic carbocycles. The normalized spacial score (nSPS) is 10.6. The molecule has 0 fully saturated rings. The van der Waals surface area contributed by atoms with E-state index in [2.05, 4.69) is 22.4 Å². The fourth-order valence-corrected chi connectivity index (χ4v) is 3.93. The highest BCUT2D eigenvalue weighted by Crippen LogP contribution is 2.25. The minimum atomic E-state index is -0.644. The van der Waals surface area contributed by atoms with E-state index in [4.69, 9.17) is 14.2 Å². The van der Waals surface area contributed by atoms with Crippen molar-refractivity contribution in [3.63, 3.8) is 0 Å². The van der Waals surface area contributed by atoms with Gasteiger partial charge < -0.3 is 24.1 Å². The van der Waals surface area contributed by atoms with Gasteiger partial charge in [0, 0.05) is 12.6 Å². The molecule has 190 valence electrons. The summed E-state index contributed by atoms with van der Waals surface area (Å²) in [6.07, 6.45) is 2.07. The van der Waals surface area contributed by atoms with Gasteiger partial charge in [-0.25, -0.2) is 9.59 Å². The molecule has 1 aromatic heterocycles. The van der Waals surface area contributed by atoms with Crippen molar-refractivity contribution < 1.29 is 28.6 Å². The molecule has 1 N–H and O–H groups in total. The second-order valence-corrected chi connectivity index (χ2v) is 8.61. The Morgan fingerprint density at radius 3 is 2.39 bits per heavy atom. The number of hydrogen-bond donors (Lipinski definition) is 1. The van der Waals surface area contributed by atoms with Gasteiger partial charge in [0.25, 0.3) is 0 Å². The Bertz CT molecular complexity index is 1230. The molecule has 10 nitrogen and oxygen atoms in total. The highest BCUT2D eigenvalue weighted by Gasteiger charge is 2.18. The van der Waals surface area contributed by atoms with Crippen LogP contribution in [0.3, 0.4) is 0 Å². The lowest BCUT2D eigenvalue weighted by Crippen LogP contribution is -2.18. The third kappa shape index (κ3) is 6.63. The number of carbonyl (C=O) groups is 3. The van der Waals surface area contributed by atoms with Gasteiger partial charge in [-0.05, 0) is 48.9 Å². The van der Waals surface area contributed by atoms with Crippen LogP contribution in [0.15, 0.2) is 47.6 Å². The number of methoxy groups -OCH3 is 2. The SMILES string of the molecule is CCCCOc1ccc(-c2nnc(SCC(=O)Nc3cc(C(=O)OC)ccc3C(=O)OC)n2C)cc1. The Labute approximate surface area is 213 Å². The van der Waals surface area contributed by atoms with Gasteiger partial charge in [0.05, 0.1) is 43.4 Å². The number of nitrogens with zero attached hydrogens (tertiary/aromatic N) is 3. The second-order valence-electron chi connectivity index (χ2n) is 7.67. The molecule has 0 aliphatic heterocycles. The fourth-order valence-electron chi connectivity index (χ4n) is 3.22. The van der Waals surface area contributed by atoms with Crippen LogP contribution >= 0.6 is 11.8 Å². The minimum Gasteiger partial charge on any atom is -0.494 e. The molecule has 0 saturated heterocycles. The molecule has 0 bridgehead atoms. The molecule has 3 aromatic rings. The summed E-state index contributed by atoms with van der Waals surface area (Å²) >= 11 is 1.19. The van der Waals surface area contributed by atoms with Crippen molar-refractivity contribution in [2.45, 2.75) is 24.9 Å². The highest BCUT2D eigenvalue weighted by atomic mass is 32.2. The first kappa shape index (κ1) is 26.7. The maximum absolute atomic E-state index is 12.7. The Kier molecular flexibility index (Phi) is 9.46. The average molecular weight is 513 g/mol. The van der Waals surface area contributed by atoms with Gasteiger partial charge in [0.1, 0.15) is 5.75 Å². The number of nitrogens with one attached hydrogen (secondary N) is 1. The molecule has 1 amide bonds. The standard InChI is InChI=1S/C25H28N4O6S/c1-5-6-13-35-18-10-7-16(8-11-18)22-27-28-25(29(22)2)36-15-21(30)26-20-14-17(23(31)33-3)9-12-19(20)24(32)34-4/h7-12,14H,5-6,13,15H2,1-4H3,(H,26,30). The number of rotatable bonds is 11. The van der Waals surface area contributed by atoms with Crippen LogP contribution in [0.2, 0.25) is 0 Å². The van der Waals surface area contributed by atoms with Crippen LogP contribution in [-0.4, -0.2) is 59.2 Å². The second kappa shape index (κ2) is 12.7. The monoisotopic (exact) mass is 512 g/mol. The van der Waals surface area contributed by atoms with Crippen molar-refractivity contribution in [1.82, 2.24) is 14.8 Å². The first-order chi connectivity index (χ1) is 17.4. The number of hydrogen-bond acceptors (Lipinski definition) is 9. The largest absolute Gasteiger partial charge is 0.494 e. The Morgan fingerprint density at radius 1 is 1.00 bits per heavy atom. The molecule has 11 heteroatoms. The average Bonchev–Trinajstić information content (AvgIpc) is 3.27. The number of anilines is 1. The number of benzene rings is 2. The van der Waals surface area contributed by atoms with Gasteiger partial charge in [-0.3, -0.25) is 4.79 Å². The number of amides is 1. The highest BCUT2D eigenvalue weighted by molar-refractivity contribution is 7.99. The van der Waals surface area contributed by atoms with E-state index in [9.17, 15) is 14.4 Å². The van der Waals surface area contributed by atoms with E-state index in [0.29, 0.717) is 17.6 Å². The summed E-state index contributed by atoms with van der Waals surface area (Å²) in [6.45, 7) is 2.79. The van der Waals surface area contributed by atoms with E-state index in [0.717, 1.165) is 24.2 Å². The van der Waals surface area contributed by atoms with Crippen LogP contribution in [0.25, 0.3) is 11.4 Å². The van der Waals surface area contributed by atoms with Gasteiger partial charge in [0.2, 0.25) is 5.91 Å². The van der Waals surface area contributed by atoms with Crippen LogP contribution in [0, 0.1) is 0 Å². The molecule has 0 spiro atoms. The zero-order valence-corrected chi connectivity index (χ0v) is 21.4. The Morgan fingerprint density at radius 2 is 1.72 bits per heavy atom. The molecule has 36 heavy (non-hydrogen) atoms. The Balaban J connectivity index is 1.67. The lowest BCUT2D eigenvalue weighted by atomic mass is 10.1. The molecule has 0 saturated carbocycles. The summed E-state index contributed by atoms with van der Waals surface area (Å²) in [5.41, 5.74) is 1.32. The molecule has 1 heterocycles. The summed E-state index contributed by atoms with van der Waals surface area (Å²) in [5.74, 6) is -0.193. The van der Waals surface area contributed by atoms with Crippen molar-refractivity contribution in [1.29, 1.82) is 0 Å². The summed E-state index contributed by atoms with van der Waals surface area (Å²) < 4.78 is 17.0. The first-order valence-electron chi connectivity index (χ1n) is 11.2. The number of esters is 2. The molecule has 0 aliphatic carbocycles. The zero-order valence-electron chi connectivity index (χ0n) is 20.6. The van der Waals surface area contributed by atoms with E-state index in [1.807, 2.05) is 31.3 Å². The van der Waals surface area contributed by atoms with Crippen LogP contribution in [0.5, 0.6) is 5.75 Å². The van der Waals surface area contributed by atoms with Gasteiger partial charge >= 0.3 is 11.9 Å². The fraction of sp³-hybridized carbons (Fsp3) is 0.320. The number of carbonyl (C=O) groups excluding carboxylic acids is 3. The lowest BCUT2D eigenvalue weighted by Gasteiger charge is -2.11. The smallest absolute Gasteiger partial charge is 0.339 e. The number of unbranched alkanes of at least 4 members (excludes halogenated alkanes) is 1. The third-order valence-corrected chi connectivity index (χ3v) is 6.19. The molecule has 3 rings (SSSR count). The van der Waals surface area contributed by atoms with Gasteiger partial charge in [0.15, 0.2) is 11.0 Å². The summed E-state index contributed by atoms with van der Waals surface area (Å²) in [4.78, 5) is 36.6. The maximum atomic E-state index is 12.7. The van der Waals surface area contributed by atoms with Crippen LogP contribution in [-0.2, 0) is 21.3 Å². The van der Waals surface area contributed by atoms with E-state index in [1.54, 1.807) is 4.57 Å². The summed E-state index contributed by atoms with van der Waals surface area (Å²) in [6, 6.07) is 11.8. The van der Waals surface area contributed by atoms with Gasteiger partial charge in [-0.1, -0.05) is 25.1 Å². The van der Waals surface area contributed by atoms with Crippen LogP contribution in [0.1, 0.15) is 40.5 Å². The quantitative estimate of drug-likeness (QED) is 0.231. The number of thioether (sulfide) groups is 1. The van der Waals surface area contributed by atoms with Crippen molar-refractivity contribution in [2.75, 3.05) is 31.9 Å². The van der Waals surface area contributed by atoms with Crippen LogP contribution < -0.4 is 10.1 Å². The van der Waals surface area contributed by atoms with Crippen molar-refractivity contribution in [3.8, 4) is 17.1 Å². The van der Waals surface area contributed by atoms with Crippen LogP contribution in [0.4, 0.5) is 5.69 Å². The van der Waals surface area contributed by atoms with Gasteiger partial charge in [-0.2, -0.15) is 0 Å². The third-order valence-electron chi connectivity index (χ3n) is 5.17. The van der Waals surface area contributed by atoms with Crippen molar-refractivity contribution in [3.05, 3.63) is 53.6 Å². The minimum absolute atomic E-state index is 0.000750. The molecular formula is C25H28N4O6S. The maximum Gasteiger partial charge on any atom is 0.339 e. The topological polar surface area (TPSA) is 122 Å². The van der Waals surface area contributed by atoms with Crippen molar-refractivity contribution in [2.24, 2.45) is 7.05 Å². The molecule has 0 aliphatic rings. The molecule has 0 atom stereocenters. The number of aromatic nitrogens is 3. The van der Waals surface area contributed by atoms with E-state index >= 15 is 0 Å². The lowest BCUT2D eigenvalue weighted by molar-refractivity contribution is -0.113. The van der Waals surface area contributed by atoms with Crippen molar-refractivity contribution >= 4 is 35.3 Å². The van der Waals surface area contributed by atoms with E-state index in [-0.39, 0.29) is 22.6 Å². The molecular weight excluding hydrogens is 484 g/mol. The molecule has 0 radical (unpaired) electrons. The molecule has 0 unspecified atom stereocenters. The van der Waals surface area contributed by atoms with Gasteiger partial charge in [-0.15, -0.1) is 10.2 Å². The zero-order chi connectivity index (χ0) is 26.1. The van der Waals surface area contributed by atoms with E-state index in [1.165, 1.54) is 44.2 Å². The Hall–Kier alpha value is -3.86. The predicted molar refractivity (Wildman–Crippen MR) is 135 cm³/mol.